The highest BCUT2D eigenvalue weighted by atomic mass is 32.2. The minimum absolute atomic E-state index is 0.0499. The summed E-state index contributed by atoms with van der Waals surface area (Å²) in [5.41, 5.74) is 0. The highest BCUT2D eigenvalue weighted by molar-refractivity contribution is 7.86. The topological polar surface area (TPSA) is 83.5 Å². The molecule has 0 aromatic heterocycles. The number of hydrogen-bond acceptors (Lipinski definition) is 5. The monoisotopic (exact) mass is 449 g/mol. The van der Waals surface area contributed by atoms with E-state index >= 15 is 0 Å². The number of hydrogen-bond donors (Lipinski definition) is 0. The molecule has 0 saturated carbocycles. The zero-order chi connectivity index (χ0) is 22.9. The molecule has 0 aromatic rings. The number of rotatable bonds is 21. The van der Waals surface area contributed by atoms with Gasteiger partial charge in [0.25, 0.3) is 10.1 Å². The minimum Gasteiger partial charge on any atom is -0.550 e. The standard InChI is InChI=1S/C23H47NO5S/c1-5-6-7-8-9-10-11-12-13-14-15-16-17-18-19-30(27,28)29-22(20-23(25)26)21-24(2,3)4/h22H,5-21H2,1-4H3. The average molecular weight is 450 g/mol. The van der Waals surface area contributed by atoms with Crippen molar-refractivity contribution in [3.63, 3.8) is 0 Å². The van der Waals surface area contributed by atoms with E-state index in [2.05, 4.69) is 6.92 Å². The van der Waals surface area contributed by atoms with Gasteiger partial charge in [-0.2, -0.15) is 8.42 Å². The van der Waals surface area contributed by atoms with Crippen molar-refractivity contribution in [2.24, 2.45) is 0 Å². The van der Waals surface area contributed by atoms with Crippen molar-refractivity contribution in [1.82, 2.24) is 0 Å². The van der Waals surface area contributed by atoms with Crippen molar-refractivity contribution in [1.29, 1.82) is 0 Å². The summed E-state index contributed by atoms with van der Waals surface area (Å²) in [6.07, 6.45) is 15.6. The Morgan fingerprint density at radius 2 is 1.20 bits per heavy atom. The summed E-state index contributed by atoms with van der Waals surface area (Å²) in [4.78, 5) is 10.9. The molecule has 0 fully saturated rings. The maximum atomic E-state index is 12.2. The lowest BCUT2D eigenvalue weighted by molar-refractivity contribution is -0.873. The SMILES string of the molecule is CCCCCCCCCCCCCCCCS(=O)(=O)OC(CC(=O)[O-])C[N+](C)(C)C. The molecule has 0 radical (unpaired) electrons. The first-order chi connectivity index (χ1) is 14.1. The van der Waals surface area contributed by atoms with Gasteiger partial charge in [-0.15, -0.1) is 0 Å². The molecule has 0 rings (SSSR count). The Morgan fingerprint density at radius 1 is 0.800 bits per heavy atom. The van der Waals surface area contributed by atoms with Crippen molar-refractivity contribution >= 4 is 16.1 Å². The van der Waals surface area contributed by atoms with Gasteiger partial charge in [-0.1, -0.05) is 90.4 Å². The van der Waals surface area contributed by atoms with E-state index in [0.717, 1.165) is 19.3 Å². The van der Waals surface area contributed by atoms with Crippen molar-refractivity contribution in [2.75, 3.05) is 33.4 Å². The van der Waals surface area contributed by atoms with Crippen molar-refractivity contribution in [3.8, 4) is 0 Å². The smallest absolute Gasteiger partial charge is 0.267 e. The van der Waals surface area contributed by atoms with E-state index < -0.39 is 28.6 Å². The Labute approximate surface area is 186 Å². The molecule has 1 unspecified atom stereocenters. The summed E-state index contributed by atoms with van der Waals surface area (Å²) >= 11 is 0. The van der Waals surface area contributed by atoms with Crippen LogP contribution < -0.4 is 5.11 Å². The van der Waals surface area contributed by atoms with Gasteiger partial charge in [-0.05, 0) is 6.42 Å². The van der Waals surface area contributed by atoms with Crippen LogP contribution >= 0.6 is 0 Å². The second-order valence-corrected chi connectivity index (χ2v) is 11.3. The van der Waals surface area contributed by atoms with Crippen LogP contribution in [0.5, 0.6) is 0 Å². The molecule has 1 atom stereocenters. The van der Waals surface area contributed by atoms with Gasteiger partial charge in [0.2, 0.25) is 0 Å². The first kappa shape index (κ1) is 29.3. The van der Waals surface area contributed by atoms with Crippen LogP contribution in [-0.2, 0) is 19.1 Å². The van der Waals surface area contributed by atoms with E-state index in [1.807, 2.05) is 21.1 Å². The lowest BCUT2D eigenvalue weighted by atomic mass is 10.0. The maximum absolute atomic E-state index is 12.2. The number of likely N-dealkylation sites (N-methyl/N-ethyl adjacent to an activating group) is 1. The predicted molar refractivity (Wildman–Crippen MR) is 121 cm³/mol. The van der Waals surface area contributed by atoms with Gasteiger partial charge in [0.1, 0.15) is 12.6 Å². The first-order valence-corrected chi connectivity index (χ1v) is 13.5. The van der Waals surface area contributed by atoms with E-state index in [4.69, 9.17) is 4.18 Å². The third-order valence-electron chi connectivity index (χ3n) is 5.18. The number of carboxylic acids is 1. The molecule has 30 heavy (non-hydrogen) atoms. The number of aliphatic carboxylic acids is 1. The fourth-order valence-electron chi connectivity index (χ4n) is 3.65. The van der Waals surface area contributed by atoms with Crippen LogP contribution in [0.25, 0.3) is 0 Å². The van der Waals surface area contributed by atoms with E-state index in [1.165, 1.54) is 64.2 Å². The Morgan fingerprint density at radius 3 is 1.57 bits per heavy atom. The molecule has 0 saturated heterocycles. The summed E-state index contributed by atoms with van der Waals surface area (Å²) in [5.74, 6) is -1.34. The van der Waals surface area contributed by atoms with E-state index in [0.29, 0.717) is 17.4 Å². The quantitative estimate of drug-likeness (QED) is 0.150. The fourth-order valence-corrected chi connectivity index (χ4v) is 4.85. The zero-order valence-corrected chi connectivity index (χ0v) is 20.8. The highest BCUT2D eigenvalue weighted by Crippen LogP contribution is 2.14. The molecule has 0 aliphatic carbocycles. The number of carboxylic acid groups (broad SMARTS) is 1. The van der Waals surface area contributed by atoms with Crippen LogP contribution in [0.3, 0.4) is 0 Å². The largest absolute Gasteiger partial charge is 0.550 e. The molecule has 0 aromatic carbocycles. The zero-order valence-electron chi connectivity index (χ0n) is 20.0. The van der Waals surface area contributed by atoms with Gasteiger partial charge in [0.05, 0.1) is 26.9 Å². The Kier molecular flexibility index (Phi) is 16.6. The third kappa shape index (κ3) is 20.6. The predicted octanol–water partition coefficient (Wildman–Crippen LogP) is 4.03. The molecule has 6 nitrogen and oxygen atoms in total. The van der Waals surface area contributed by atoms with Crippen LogP contribution in [0.1, 0.15) is 103 Å². The van der Waals surface area contributed by atoms with Crippen LogP contribution in [0.15, 0.2) is 0 Å². The third-order valence-corrected chi connectivity index (χ3v) is 6.53. The number of carbonyl (C=O) groups is 1. The van der Waals surface area contributed by atoms with Crippen LogP contribution in [0.2, 0.25) is 0 Å². The summed E-state index contributed by atoms with van der Waals surface area (Å²) in [5, 5.41) is 10.9. The fraction of sp³-hybridized carbons (Fsp3) is 0.957. The molecule has 0 heterocycles. The second kappa shape index (κ2) is 17.0. The van der Waals surface area contributed by atoms with Gasteiger partial charge in [0.15, 0.2) is 0 Å². The van der Waals surface area contributed by atoms with Crippen LogP contribution in [0, 0.1) is 0 Å². The number of nitrogens with zero attached hydrogens (tertiary/aromatic N) is 1. The molecule has 0 spiro atoms. The lowest BCUT2D eigenvalue weighted by Crippen LogP contribution is -2.45. The first-order valence-electron chi connectivity index (χ1n) is 12.0. The normalized spacial score (nSPS) is 13.5. The molecule has 0 N–H and O–H groups in total. The lowest BCUT2D eigenvalue weighted by Gasteiger charge is -2.29. The van der Waals surface area contributed by atoms with Gasteiger partial charge in [0, 0.05) is 12.4 Å². The Bertz CT molecular complexity index is 528. The van der Waals surface area contributed by atoms with Gasteiger partial charge >= 0.3 is 0 Å². The summed E-state index contributed by atoms with van der Waals surface area (Å²) < 4.78 is 30.0. The molecule has 0 bridgehead atoms. The molecule has 0 amide bonds. The Balaban J connectivity index is 3.79. The average Bonchev–Trinajstić information content (AvgIpc) is 2.59. The number of unbranched alkanes of at least 4 members (excludes halogenated alkanes) is 13. The summed E-state index contributed by atoms with van der Waals surface area (Å²) in [6.45, 7) is 2.54. The van der Waals surface area contributed by atoms with Crippen LogP contribution in [0.4, 0.5) is 0 Å². The molecule has 180 valence electrons. The number of quaternary nitrogens is 1. The minimum atomic E-state index is -3.72. The summed E-state index contributed by atoms with van der Waals surface area (Å²) in [7, 11) is 1.88. The van der Waals surface area contributed by atoms with E-state index in [9.17, 15) is 18.3 Å². The molecule has 7 heteroatoms. The van der Waals surface area contributed by atoms with E-state index in [-0.39, 0.29) is 5.75 Å². The Hall–Kier alpha value is -0.660. The van der Waals surface area contributed by atoms with Gasteiger partial charge in [-0.25, -0.2) is 0 Å². The number of carbonyl (C=O) groups excluding carboxylic acids is 1. The van der Waals surface area contributed by atoms with Gasteiger partial charge < -0.3 is 14.4 Å². The van der Waals surface area contributed by atoms with Crippen molar-refractivity contribution in [2.45, 2.75) is 109 Å². The molecular formula is C23H47NO5S. The molecule has 0 aliphatic heterocycles. The van der Waals surface area contributed by atoms with Crippen molar-refractivity contribution in [3.05, 3.63) is 0 Å². The molecule has 0 aliphatic rings. The molecular weight excluding hydrogens is 402 g/mol. The highest BCUT2D eigenvalue weighted by Gasteiger charge is 2.25. The summed E-state index contributed by atoms with van der Waals surface area (Å²) in [6, 6.07) is 0. The van der Waals surface area contributed by atoms with E-state index in [1.54, 1.807) is 0 Å². The van der Waals surface area contributed by atoms with Crippen LogP contribution in [-0.4, -0.2) is 58.4 Å². The maximum Gasteiger partial charge on any atom is 0.267 e. The van der Waals surface area contributed by atoms with Crippen molar-refractivity contribution < 1.29 is 27.0 Å². The second-order valence-electron chi connectivity index (χ2n) is 9.63. The van der Waals surface area contributed by atoms with Gasteiger partial charge in [-0.3, -0.25) is 4.18 Å².